The van der Waals surface area contributed by atoms with Crippen LogP contribution in [0.15, 0.2) is 12.3 Å². The summed E-state index contributed by atoms with van der Waals surface area (Å²) in [6, 6.07) is 1.21. The number of ether oxygens (including phenoxy) is 1. The molecule has 0 saturated heterocycles. The Labute approximate surface area is 91.4 Å². The molecule has 0 saturated carbocycles. The van der Waals surface area contributed by atoms with Gasteiger partial charge in [-0.2, -0.15) is 0 Å². The van der Waals surface area contributed by atoms with Crippen molar-refractivity contribution in [1.82, 2.24) is 4.98 Å². The molecule has 0 amide bonds. The molecule has 0 radical (unpaired) electrons. The minimum atomic E-state index is -0.700. The van der Waals surface area contributed by atoms with Gasteiger partial charge in [-0.05, 0) is 12.0 Å². The maximum absolute atomic E-state index is 12.9. The standard InChI is InChI=1S/C11H8FNO3/c1-16-11(15)4-2-3-9-5-8(7-14)10(12)6-13-9/h5-7H,4H2,1H3. The van der Waals surface area contributed by atoms with Crippen LogP contribution in [0.2, 0.25) is 0 Å². The first-order valence-electron chi connectivity index (χ1n) is 4.33. The number of carbonyl (C=O) groups is 2. The molecule has 0 aliphatic carbocycles. The number of esters is 1. The zero-order valence-corrected chi connectivity index (χ0v) is 8.49. The Morgan fingerprint density at radius 2 is 2.44 bits per heavy atom. The van der Waals surface area contributed by atoms with Crippen molar-refractivity contribution >= 4 is 12.3 Å². The number of nitrogens with zero attached hydrogens (tertiary/aromatic N) is 1. The molecule has 4 nitrogen and oxygen atoms in total. The van der Waals surface area contributed by atoms with E-state index in [4.69, 9.17) is 0 Å². The Morgan fingerprint density at radius 3 is 3.06 bits per heavy atom. The number of aldehydes is 1. The highest BCUT2D eigenvalue weighted by Gasteiger charge is 2.01. The molecule has 0 bridgehead atoms. The largest absolute Gasteiger partial charge is 0.468 e. The summed E-state index contributed by atoms with van der Waals surface area (Å²) >= 11 is 0. The number of pyridine rings is 1. The van der Waals surface area contributed by atoms with E-state index >= 15 is 0 Å². The van der Waals surface area contributed by atoms with E-state index in [0.717, 1.165) is 6.20 Å². The molecule has 1 aromatic rings. The zero-order valence-electron chi connectivity index (χ0n) is 8.49. The fourth-order valence-electron chi connectivity index (χ4n) is 0.892. The van der Waals surface area contributed by atoms with Crippen LogP contribution in [0.1, 0.15) is 22.5 Å². The first kappa shape index (κ1) is 11.9. The van der Waals surface area contributed by atoms with Gasteiger partial charge in [-0.1, -0.05) is 5.92 Å². The van der Waals surface area contributed by atoms with Crippen molar-refractivity contribution in [1.29, 1.82) is 0 Å². The molecule has 1 heterocycles. The maximum atomic E-state index is 12.9. The van der Waals surface area contributed by atoms with E-state index in [1.54, 1.807) is 0 Å². The average Bonchev–Trinajstić information content (AvgIpc) is 2.31. The lowest BCUT2D eigenvalue weighted by atomic mass is 10.2. The molecule has 0 N–H and O–H groups in total. The predicted octanol–water partition coefficient (Wildman–Crippen LogP) is 0.948. The highest BCUT2D eigenvalue weighted by molar-refractivity contribution is 5.75. The third-order valence-electron chi connectivity index (χ3n) is 1.69. The molecule has 5 heteroatoms. The van der Waals surface area contributed by atoms with E-state index in [1.807, 2.05) is 0 Å². The second kappa shape index (κ2) is 5.61. The van der Waals surface area contributed by atoms with E-state index in [0.29, 0.717) is 6.29 Å². The van der Waals surface area contributed by atoms with Crippen molar-refractivity contribution in [2.24, 2.45) is 0 Å². The van der Waals surface area contributed by atoms with Gasteiger partial charge in [0.25, 0.3) is 0 Å². The summed E-state index contributed by atoms with van der Waals surface area (Å²) in [5.41, 5.74) is 0.116. The number of aromatic nitrogens is 1. The summed E-state index contributed by atoms with van der Waals surface area (Å²) < 4.78 is 17.2. The van der Waals surface area contributed by atoms with E-state index in [1.165, 1.54) is 13.2 Å². The molecule has 0 atom stereocenters. The fraction of sp³-hybridized carbons (Fsp3) is 0.182. The van der Waals surface area contributed by atoms with Crippen LogP contribution in [0, 0.1) is 17.7 Å². The van der Waals surface area contributed by atoms with Gasteiger partial charge in [0.05, 0.1) is 18.9 Å². The van der Waals surface area contributed by atoms with Crippen molar-refractivity contribution in [3.05, 3.63) is 29.3 Å². The minimum Gasteiger partial charge on any atom is -0.468 e. The highest BCUT2D eigenvalue weighted by Crippen LogP contribution is 2.04. The van der Waals surface area contributed by atoms with Crippen LogP contribution in [0.4, 0.5) is 4.39 Å². The van der Waals surface area contributed by atoms with Gasteiger partial charge < -0.3 is 4.74 Å². The van der Waals surface area contributed by atoms with E-state index < -0.39 is 11.8 Å². The van der Waals surface area contributed by atoms with Crippen LogP contribution >= 0.6 is 0 Å². The highest BCUT2D eigenvalue weighted by atomic mass is 19.1. The van der Waals surface area contributed by atoms with Crippen LogP contribution in [0.25, 0.3) is 0 Å². The maximum Gasteiger partial charge on any atom is 0.317 e. The summed E-state index contributed by atoms with van der Waals surface area (Å²) in [5.74, 6) is 3.85. The number of carbonyl (C=O) groups excluding carboxylic acids is 2. The van der Waals surface area contributed by atoms with Gasteiger partial charge in [-0.25, -0.2) is 9.37 Å². The smallest absolute Gasteiger partial charge is 0.317 e. The summed E-state index contributed by atoms with van der Waals surface area (Å²) in [7, 11) is 1.25. The minimum absolute atomic E-state index is 0.0774. The Hall–Kier alpha value is -2.22. The van der Waals surface area contributed by atoms with E-state index in [-0.39, 0.29) is 17.7 Å². The molecule has 0 aliphatic rings. The molecular weight excluding hydrogens is 213 g/mol. The third kappa shape index (κ3) is 3.17. The molecule has 0 aromatic carbocycles. The monoisotopic (exact) mass is 221 g/mol. The lowest BCUT2D eigenvalue weighted by Crippen LogP contribution is -1.97. The fourth-order valence-corrected chi connectivity index (χ4v) is 0.892. The summed E-state index contributed by atoms with van der Waals surface area (Å²) in [6.07, 6.45) is 1.21. The molecule has 0 fully saturated rings. The molecule has 1 rings (SSSR count). The Balaban J connectivity index is 2.81. The van der Waals surface area contributed by atoms with Gasteiger partial charge in [0.15, 0.2) is 12.1 Å². The normalized spacial score (nSPS) is 8.88. The summed E-state index contributed by atoms with van der Waals surface area (Å²) in [6.45, 7) is 0. The van der Waals surface area contributed by atoms with E-state index in [2.05, 4.69) is 21.6 Å². The second-order valence-electron chi connectivity index (χ2n) is 2.76. The van der Waals surface area contributed by atoms with Crippen LogP contribution in [-0.4, -0.2) is 24.3 Å². The average molecular weight is 221 g/mol. The first-order valence-corrected chi connectivity index (χ1v) is 4.33. The number of hydrogen-bond donors (Lipinski definition) is 0. The Bertz CT molecular complexity index is 474. The van der Waals surface area contributed by atoms with E-state index in [9.17, 15) is 14.0 Å². The van der Waals surface area contributed by atoms with Crippen molar-refractivity contribution < 1.29 is 18.7 Å². The van der Waals surface area contributed by atoms with Gasteiger partial charge >= 0.3 is 5.97 Å². The van der Waals surface area contributed by atoms with Crippen molar-refractivity contribution in [3.8, 4) is 11.8 Å². The van der Waals surface area contributed by atoms with Crippen LogP contribution in [0.3, 0.4) is 0 Å². The number of hydrogen-bond acceptors (Lipinski definition) is 4. The Morgan fingerprint density at radius 1 is 1.69 bits per heavy atom. The van der Waals surface area contributed by atoms with Gasteiger partial charge in [0.1, 0.15) is 12.1 Å². The number of halogens is 1. The second-order valence-corrected chi connectivity index (χ2v) is 2.76. The van der Waals surface area contributed by atoms with Crippen LogP contribution < -0.4 is 0 Å². The van der Waals surface area contributed by atoms with Gasteiger partial charge in [0, 0.05) is 0 Å². The molecule has 82 valence electrons. The molecule has 0 unspecified atom stereocenters. The topological polar surface area (TPSA) is 56.3 Å². The zero-order chi connectivity index (χ0) is 12.0. The first-order chi connectivity index (χ1) is 7.67. The Kier molecular flexibility index (Phi) is 4.16. The third-order valence-corrected chi connectivity index (χ3v) is 1.69. The predicted molar refractivity (Wildman–Crippen MR) is 53.1 cm³/mol. The molecular formula is C11H8FNO3. The van der Waals surface area contributed by atoms with Crippen molar-refractivity contribution in [3.63, 3.8) is 0 Å². The number of methoxy groups -OCH3 is 1. The lowest BCUT2D eigenvalue weighted by Gasteiger charge is -1.94. The lowest BCUT2D eigenvalue weighted by molar-refractivity contribution is -0.139. The molecule has 0 spiro atoms. The van der Waals surface area contributed by atoms with Gasteiger partial charge in [0.2, 0.25) is 0 Å². The van der Waals surface area contributed by atoms with Crippen molar-refractivity contribution in [2.75, 3.05) is 7.11 Å². The number of rotatable bonds is 2. The van der Waals surface area contributed by atoms with Gasteiger partial charge in [-0.15, -0.1) is 0 Å². The molecule has 0 aliphatic heterocycles. The summed E-state index contributed by atoms with van der Waals surface area (Å²) in [5, 5.41) is 0. The van der Waals surface area contributed by atoms with Crippen LogP contribution in [0.5, 0.6) is 0 Å². The van der Waals surface area contributed by atoms with Gasteiger partial charge in [-0.3, -0.25) is 9.59 Å². The van der Waals surface area contributed by atoms with Crippen molar-refractivity contribution in [2.45, 2.75) is 6.42 Å². The van der Waals surface area contributed by atoms with Crippen LogP contribution in [-0.2, 0) is 9.53 Å². The summed E-state index contributed by atoms with van der Waals surface area (Å²) in [4.78, 5) is 24.8. The quantitative estimate of drug-likeness (QED) is 0.424. The molecule has 1 aromatic heterocycles. The molecule has 16 heavy (non-hydrogen) atoms. The SMILES string of the molecule is COC(=O)CC#Cc1cc(C=O)c(F)cn1.